The van der Waals surface area contributed by atoms with Crippen LogP contribution < -0.4 is 0 Å². The Bertz CT molecular complexity index is 422. The summed E-state index contributed by atoms with van der Waals surface area (Å²) in [5, 5.41) is 3.43. The zero-order chi connectivity index (χ0) is 13.2. The summed E-state index contributed by atoms with van der Waals surface area (Å²) < 4.78 is 5.13. The van der Waals surface area contributed by atoms with Crippen LogP contribution in [0, 0.1) is 0 Å². The number of hydrogen-bond donors (Lipinski definition) is 0. The number of esters is 1. The van der Waals surface area contributed by atoms with E-state index in [2.05, 4.69) is 16.9 Å². The molecule has 0 bridgehead atoms. The van der Waals surface area contributed by atoms with E-state index in [1.54, 1.807) is 24.3 Å². The third-order valence-electron chi connectivity index (χ3n) is 2.49. The van der Waals surface area contributed by atoms with Crippen LogP contribution in [0.2, 0.25) is 0 Å². The summed E-state index contributed by atoms with van der Waals surface area (Å²) in [6, 6.07) is 6.37. The van der Waals surface area contributed by atoms with E-state index in [-0.39, 0.29) is 5.97 Å². The molecular weight excluding hydrogens is 230 g/mol. The van der Waals surface area contributed by atoms with Gasteiger partial charge in [0.2, 0.25) is 0 Å². The van der Waals surface area contributed by atoms with Crippen LogP contribution >= 0.6 is 0 Å². The van der Waals surface area contributed by atoms with Crippen molar-refractivity contribution in [3.05, 3.63) is 40.3 Å². The number of rotatable bonds is 7. The molecule has 0 aliphatic heterocycles. The van der Waals surface area contributed by atoms with Crippen LogP contribution in [-0.4, -0.2) is 12.6 Å². The van der Waals surface area contributed by atoms with Gasteiger partial charge in [0.25, 0.3) is 0 Å². The first-order chi connectivity index (χ1) is 8.77. The first kappa shape index (κ1) is 14.1. The number of azide groups is 1. The molecule has 5 nitrogen and oxygen atoms in total. The quantitative estimate of drug-likeness (QED) is 0.236. The maximum atomic E-state index is 11.6. The molecule has 5 heteroatoms. The van der Waals surface area contributed by atoms with Gasteiger partial charge < -0.3 is 4.74 Å². The smallest absolute Gasteiger partial charge is 0.338 e. The van der Waals surface area contributed by atoms with Gasteiger partial charge >= 0.3 is 5.97 Å². The average molecular weight is 247 g/mol. The number of carbonyl (C=O) groups excluding carboxylic acids is 1. The third-order valence-corrected chi connectivity index (χ3v) is 2.49. The van der Waals surface area contributed by atoms with Crippen molar-refractivity contribution >= 4 is 11.7 Å². The predicted octanol–water partition coefficient (Wildman–Crippen LogP) is 4.37. The molecular formula is C13H17N3O2. The van der Waals surface area contributed by atoms with E-state index < -0.39 is 0 Å². The Hall–Kier alpha value is -2.00. The Labute approximate surface area is 106 Å². The number of unbranched alkanes of at least 4 members (excludes halogenated alkanes) is 3. The largest absolute Gasteiger partial charge is 0.462 e. The van der Waals surface area contributed by atoms with Crippen molar-refractivity contribution in [2.75, 3.05) is 6.61 Å². The van der Waals surface area contributed by atoms with E-state index in [0.29, 0.717) is 17.9 Å². The SMILES string of the molecule is CCCCCCOC(=O)c1ccc(N=[N+]=[N-])cc1. The van der Waals surface area contributed by atoms with E-state index in [9.17, 15) is 4.79 Å². The van der Waals surface area contributed by atoms with E-state index >= 15 is 0 Å². The van der Waals surface area contributed by atoms with Gasteiger partial charge in [0.15, 0.2) is 0 Å². The minimum Gasteiger partial charge on any atom is -0.462 e. The molecule has 96 valence electrons. The molecule has 0 N–H and O–H groups in total. The molecule has 0 fully saturated rings. The fraction of sp³-hybridized carbons (Fsp3) is 0.462. The second-order valence-corrected chi connectivity index (χ2v) is 3.93. The summed E-state index contributed by atoms with van der Waals surface area (Å²) >= 11 is 0. The fourth-order valence-corrected chi connectivity index (χ4v) is 1.49. The van der Waals surface area contributed by atoms with Gasteiger partial charge in [-0.05, 0) is 24.1 Å². The van der Waals surface area contributed by atoms with Crippen LogP contribution in [0.15, 0.2) is 29.4 Å². The van der Waals surface area contributed by atoms with Crippen molar-refractivity contribution in [2.24, 2.45) is 5.11 Å². The molecule has 0 aliphatic rings. The Morgan fingerprint density at radius 3 is 2.61 bits per heavy atom. The minimum atomic E-state index is -0.334. The molecule has 0 radical (unpaired) electrons. The molecule has 0 heterocycles. The van der Waals surface area contributed by atoms with Gasteiger partial charge in [-0.1, -0.05) is 43.4 Å². The summed E-state index contributed by atoms with van der Waals surface area (Å²) in [6.07, 6.45) is 4.31. The van der Waals surface area contributed by atoms with Crippen LogP contribution in [0.3, 0.4) is 0 Å². The Balaban J connectivity index is 2.39. The Kier molecular flexibility index (Phi) is 6.36. The van der Waals surface area contributed by atoms with Gasteiger partial charge in [-0.2, -0.15) is 0 Å². The van der Waals surface area contributed by atoms with Gasteiger partial charge in [0, 0.05) is 10.6 Å². The lowest BCUT2D eigenvalue weighted by molar-refractivity contribution is 0.0498. The molecule has 0 saturated carbocycles. The van der Waals surface area contributed by atoms with Crippen LogP contribution in [0.4, 0.5) is 5.69 Å². The van der Waals surface area contributed by atoms with Crippen molar-refractivity contribution in [1.29, 1.82) is 0 Å². The van der Waals surface area contributed by atoms with Crippen LogP contribution in [0.25, 0.3) is 10.4 Å². The van der Waals surface area contributed by atoms with Gasteiger partial charge in [0.1, 0.15) is 0 Å². The lowest BCUT2D eigenvalue weighted by Gasteiger charge is -2.04. The molecule has 0 amide bonds. The maximum Gasteiger partial charge on any atom is 0.338 e. The second kappa shape index (κ2) is 8.14. The van der Waals surface area contributed by atoms with Crippen LogP contribution in [0.5, 0.6) is 0 Å². The molecule has 0 aromatic heterocycles. The minimum absolute atomic E-state index is 0.334. The highest BCUT2D eigenvalue weighted by atomic mass is 16.5. The first-order valence-electron chi connectivity index (χ1n) is 6.10. The van der Waals surface area contributed by atoms with Crippen LogP contribution in [-0.2, 0) is 4.74 Å². The third kappa shape index (κ3) is 4.89. The van der Waals surface area contributed by atoms with Gasteiger partial charge in [0.05, 0.1) is 12.2 Å². The Morgan fingerprint density at radius 1 is 1.28 bits per heavy atom. The van der Waals surface area contributed by atoms with Gasteiger partial charge in [-0.3, -0.25) is 0 Å². The summed E-state index contributed by atoms with van der Waals surface area (Å²) in [7, 11) is 0. The Morgan fingerprint density at radius 2 is 2.00 bits per heavy atom. The predicted molar refractivity (Wildman–Crippen MR) is 69.7 cm³/mol. The highest BCUT2D eigenvalue weighted by molar-refractivity contribution is 5.89. The van der Waals surface area contributed by atoms with Gasteiger partial charge in [-0.15, -0.1) is 0 Å². The van der Waals surface area contributed by atoms with Crippen LogP contribution in [0.1, 0.15) is 43.0 Å². The first-order valence-corrected chi connectivity index (χ1v) is 6.10. The molecule has 0 unspecified atom stereocenters. The van der Waals surface area contributed by atoms with Crippen molar-refractivity contribution in [1.82, 2.24) is 0 Å². The number of nitrogens with zero attached hydrogens (tertiary/aromatic N) is 3. The zero-order valence-electron chi connectivity index (χ0n) is 10.5. The summed E-state index contributed by atoms with van der Waals surface area (Å²) in [5.41, 5.74) is 9.21. The average Bonchev–Trinajstić information content (AvgIpc) is 2.39. The lowest BCUT2D eigenvalue weighted by Crippen LogP contribution is -2.06. The van der Waals surface area contributed by atoms with E-state index in [0.717, 1.165) is 19.3 Å². The highest BCUT2D eigenvalue weighted by Crippen LogP contribution is 2.13. The summed E-state index contributed by atoms with van der Waals surface area (Å²) in [5.74, 6) is -0.334. The lowest BCUT2D eigenvalue weighted by atomic mass is 10.2. The molecule has 0 aliphatic carbocycles. The zero-order valence-corrected chi connectivity index (χ0v) is 10.5. The van der Waals surface area contributed by atoms with Crippen molar-refractivity contribution in [3.8, 4) is 0 Å². The topological polar surface area (TPSA) is 75.1 Å². The number of carbonyl (C=O) groups is 1. The molecule has 1 aromatic carbocycles. The standard InChI is InChI=1S/C13H17N3O2/c1-2-3-4-5-10-18-13(17)11-6-8-12(9-7-11)15-16-14/h6-9H,2-5,10H2,1H3. The second-order valence-electron chi connectivity index (χ2n) is 3.93. The number of ether oxygens (including phenoxy) is 1. The van der Waals surface area contributed by atoms with Gasteiger partial charge in [-0.25, -0.2) is 4.79 Å². The highest BCUT2D eigenvalue weighted by Gasteiger charge is 2.05. The normalized spacial score (nSPS) is 9.61. The molecule has 1 aromatic rings. The summed E-state index contributed by atoms with van der Waals surface area (Å²) in [4.78, 5) is 14.3. The molecule has 0 spiro atoms. The van der Waals surface area contributed by atoms with Crippen molar-refractivity contribution in [3.63, 3.8) is 0 Å². The monoisotopic (exact) mass is 247 g/mol. The molecule has 0 atom stereocenters. The summed E-state index contributed by atoms with van der Waals surface area (Å²) in [6.45, 7) is 2.59. The van der Waals surface area contributed by atoms with E-state index in [4.69, 9.17) is 10.3 Å². The molecule has 1 rings (SSSR count). The molecule has 0 saturated heterocycles. The maximum absolute atomic E-state index is 11.6. The number of benzene rings is 1. The fourth-order valence-electron chi connectivity index (χ4n) is 1.49. The van der Waals surface area contributed by atoms with Crippen molar-refractivity contribution in [2.45, 2.75) is 32.6 Å². The van der Waals surface area contributed by atoms with Crippen molar-refractivity contribution < 1.29 is 9.53 Å². The van der Waals surface area contributed by atoms with E-state index in [1.807, 2.05) is 0 Å². The molecule has 18 heavy (non-hydrogen) atoms. The van der Waals surface area contributed by atoms with E-state index in [1.165, 1.54) is 6.42 Å². The number of hydrogen-bond acceptors (Lipinski definition) is 3.